The molecule has 0 amide bonds. The van der Waals surface area contributed by atoms with Crippen LogP contribution >= 0.6 is 15.9 Å². The van der Waals surface area contributed by atoms with Gasteiger partial charge >= 0.3 is 0 Å². The molecule has 1 heterocycles. The van der Waals surface area contributed by atoms with E-state index in [1.54, 1.807) is 0 Å². The average Bonchev–Trinajstić information content (AvgIpc) is 2.94. The Kier molecular flexibility index (Phi) is 2.56. The highest BCUT2D eigenvalue weighted by Crippen LogP contribution is 2.38. The molecule has 1 fully saturated rings. The molecule has 1 aliphatic carbocycles. The molecule has 3 rings (SSSR count). The van der Waals surface area contributed by atoms with Crippen LogP contribution in [0.4, 0.5) is 0 Å². The fraction of sp³-hybridized carbons (Fsp3) is 0.429. The molecule has 1 aliphatic rings. The van der Waals surface area contributed by atoms with E-state index in [4.69, 9.17) is 5.73 Å². The highest BCUT2D eigenvalue weighted by Gasteiger charge is 2.37. The number of nitrogens with two attached hydrogens (primary N) is 1. The molecule has 2 nitrogen and oxygen atoms in total. The maximum atomic E-state index is 6.16. The summed E-state index contributed by atoms with van der Waals surface area (Å²) < 4.78 is 3.39. The Bertz CT molecular complexity index is 567. The van der Waals surface area contributed by atoms with Crippen LogP contribution in [0.15, 0.2) is 28.9 Å². The average molecular weight is 293 g/mol. The summed E-state index contributed by atoms with van der Waals surface area (Å²) >= 11 is 3.65. The first-order chi connectivity index (χ1) is 8.09. The van der Waals surface area contributed by atoms with Crippen molar-refractivity contribution in [1.82, 2.24) is 4.57 Å². The largest absolute Gasteiger partial charge is 0.350 e. The van der Waals surface area contributed by atoms with Crippen LogP contribution in [0.3, 0.4) is 0 Å². The molecule has 1 aromatic carbocycles. The van der Waals surface area contributed by atoms with Gasteiger partial charge in [-0.25, -0.2) is 0 Å². The molecule has 90 valence electrons. The van der Waals surface area contributed by atoms with E-state index in [1.165, 1.54) is 33.8 Å². The van der Waals surface area contributed by atoms with E-state index < -0.39 is 0 Å². The van der Waals surface area contributed by atoms with Gasteiger partial charge in [-0.15, -0.1) is 0 Å². The van der Waals surface area contributed by atoms with Gasteiger partial charge in [0.25, 0.3) is 0 Å². The lowest BCUT2D eigenvalue weighted by Crippen LogP contribution is -2.22. The Morgan fingerprint density at radius 1 is 1.41 bits per heavy atom. The van der Waals surface area contributed by atoms with E-state index in [0.29, 0.717) is 0 Å². The number of halogens is 1. The van der Waals surface area contributed by atoms with Gasteiger partial charge in [0.1, 0.15) is 0 Å². The van der Waals surface area contributed by atoms with E-state index >= 15 is 0 Å². The van der Waals surface area contributed by atoms with Crippen LogP contribution < -0.4 is 5.73 Å². The summed E-state index contributed by atoms with van der Waals surface area (Å²) in [4.78, 5) is 0. The molecule has 2 N–H and O–H groups in total. The lowest BCUT2D eigenvalue weighted by Gasteiger charge is -2.07. The Labute approximate surface area is 110 Å². The monoisotopic (exact) mass is 292 g/mol. The minimum absolute atomic E-state index is 0.142. The third-order valence-corrected chi connectivity index (χ3v) is 4.49. The van der Waals surface area contributed by atoms with Crippen molar-refractivity contribution in [3.05, 3.63) is 34.4 Å². The zero-order valence-corrected chi connectivity index (χ0v) is 11.6. The summed E-state index contributed by atoms with van der Waals surface area (Å²) in [5, 5.41) is 1.35. The molecule has 3 heteroatoms. The Balaban J connectivity index is 1.98. The first-order valence-electron chi connectivity index (χ1n) is 6.10. The molecular formula is C14H17BrN2. The first-order valence-corrected chi connectivity index (χ1v) is 6.90. The number of hydrogen-bond donors (Lipinski definition) is 1. The first kappa shape index (κ1) is 11.3. The maximum Gasteiger partial charge on any atom is 0.0491 e. The van der Waals surface area contributed by atoms with E-state index in [9.17, 15) is 0 Å². The number of aromatic nitrogens is 1. The Hall–Kier alpha value is -0.800. The van der Waals surface area contributed by atoms with Crippen molar-refractivity contribution in [2.45, 2.75) is 31.2 Å². The van der Waals surface area contributed by atoms with E-state index in [0.717, 1.165) is 12.8 Å². The quantitative estimate of drug-likeness (QED) is 0.924. The normalized spacial score (nSPS) is 17.6. The lowest BCUT2D eigenvalue weighted by molar-refractivity contribution is 0.610. The molecule has 2 aromatic rings. The topological polar surface area (TPSA) is 30.9 Å². The molecule has 0 saturated heterocycles. The molecule has 1 saturated carbocycles. The highest BCUT2D eigenvalue weighted by atomic mass is 79.9. The predicted molar refractivity (Wildman–Crippen MR) is 75.1 cm³/mol. The number of fused-ring (bicyclic) bond motifs is 1. The van der Waals surface area contributed by atoms with Crippen molar-refractivity contribution in [1.29, 1.82) is 0 Å². The predicted octanol–water partition coefficient (Wildman–Crippen LogP) is 3.36. The number of aryl methyl sites for hydroxylation is 2. The summed E-state index contributed by atoms with van der Waals surface area (Å²) in [7, 11) is 2.10. The molecule has 0 unspecified atom stereocenters. The highest BCUT2D eigenvalue weighted by molar-refractivity contribution is 9.10. The fourth-order valence-corrected chi connectivity index (χ4v) is 3.09. The molecular weight excluding hydrogens is 276 g/mol. The standard InChI is InChI=1S/C14H17BrN2/c1-17-9-10(5-6-14(16)7-8-14)13-11(15)3-2-4-12(13)17/h2-4,9H,5-8,16H2,1H3. The van der Waals surface area contributed by atoms with Gasteiger partial charge in [0.15, 0.2) is 0 Å². The van der Waals surface area contributed by atoms with Gasteiger partial charge in [-0.3, -0.25) is 0 Å². The number of rotatable bonds is 3. The fourth-order valence-electron chi connectivity index (χ4n) is 2.48. The van der Waals surface area contributed by atoms with Crippen LogP contribution in [0.25, 0.3) is 10.9 Å². The van der Waals surface area contributed by atoms with Gasteiger partial charge in [0.2, 0.25) is 0 Å². The molecule has 17 heavy (non-hydrogen) atoms. The third kappa shape index (κ3) is 2.02. The minimum Gasteiger partial charge on any atom is -0.350 e. The molecule has 0 aliphatic heterocycles. The van der Waals surface area contributed by atoms with Gasteiger partial charge in [-0.1, -0.05) is 22.0 Å². The summed E-state index contributed by atoms with van der Waals surface area (Å²) in [5.74, 6) is 0. The SMILES string of the molecule is Cn1cc(CCC2(N)CC2)c2c(Br)cccc21. The summed E-state index contributed by atoms with van der Waals surface area (Å²) in [6, 6.07) is 6.36. The second-order valence-corrected chi connectivity index (χ2v) is 6.12. The van der Waals surface area contributed by atoms with Gasteiger partial charge < -0.3 is 10.3 Å². The molecule has 0 spiro atoms. The van der Waals surface area contributed by atoms with Crippen molar-refractivity contribution in [3.63, 3.8) is 0 Å². The van der Waals surface area contributed by atoms with E-state index in [-0.39, 0.29) is 5.54 Å². The summed E-state index contributed by atoms with van der Waals surface area (Å²) in [6.45, 7) is 0. The molecule has 0 atom stereocenters. The second kappa shape index (κ2) is 3.85. The van der Waals surface area contributed by atoms with Crippen molar-refractivity contribution in [2.75, 3.05) is 0 Å². The van der Waals surface area contributed by atoms with E-state index in [2.05, 4.69) is 51.9 Å². The Morgan fingerprint density at radius 2 is 2.18 bits per heavy atom. The van der Waals surface area contributed by atoms with Gasteiger partial charge in [0.05, 0.1) is 0 Å². The maximum absolute atomic E-state index is 6.16. The third-order valence-electron chi connectivity index (χ3n) is 3.83. The van der Waals surface area contributed by atoms with Crippen LogP contribution in [0.1, 0.15) is 24.8 Å². The number of benzene rings is 1. The molecule has 0 radical (unpaired) electrons. The van der Waals surface area contributed by atoms with Gasteiger partial charge in [-0.05, 0) is 43.4 Å². The van der Waals surface area contributed by atoms with Gasteiger partial charge in [0, 0.05) is 34.2 Å². The zero-order chi connectivity index (χ0) is 12.0. The smallest absolute Gasteiger partial charge is 0.0491 e. The zero-order valence-electron chi connectivity index (χ0n) is 10.0. The van der Waals surface area contributed by atoms with Gasteiger partial charge in [-0.2, -0.15) is 0 Å². The molecule has 1 aromatic heterocycles. The Morgan fingerprint density at radius 3 is 2.88 bits per heavy atom. The van der Waals surface area contributed by atoms with Crippen molar-refractivity contribution in [2.24, 2.45) is 12.8 Å². The molecule has 0 bridgehead atoms. The van der Waals surface area contributed by atoms with Crippen LogP contribution in [0.2, 0.25) is 0 Å². The second-order valence-electron chi connectivity index (χ2n) is 5.26. The number of hydrogen-bond acceptors (Lipinski definition) is 1. The summed E-state index contributed by atoms with van der Waals surface area (Å²) in [6.07, 6.45) is 6.81. The lowest BCUT2D eigenvalue weighted by atomic mass is 10.0. The van der Waals surface area contributed by atoms with Crippen molar-refractivity contribution < 1.29 is 0 Å². The van der Waals surface area contributed by atoms with Crippen LogP contribution in [0, 0.1) is 0 Å². The van der Waals surface area contributed by atoms with Crippen molar-refractivity contribution in [3.8, 4) is 0 Å². The van der Waals surface area contributed by atoms with Crippen LogP contribution in [0.5, 0.6) is 0 Å². The van der Waals surface area contributed by atoms with Crippen LogP contribution in [-0.2, 0) is 13.5 Å². The van der Waals surface area contributed by atoms with E-state index in [1.807, 2.05) is 0 Å². The number of nitrogens with zero attached hydrogens (tertiary/aromatic N) is 1. The van der Waals surface area contributed by atoms with Crippen LogP contribution in [-0.4, -0.2) is 10.1 Å². The van der Waals surface area contributed by atoms with Crippen molar-refractivity contribution >= 4 is 26.8 Å². The minimum atomic E-state index is 0.142. The summed E-state index contributed by atoms with van der Waals surface area (Å²) in [5.41, 5.74) is 9.00.